The van der Waals surface area contributed by atoms with Crippen LogP contribution in [0.4, 0.5) is 0 Å². The molecule has 0 heterocycles. The van der Waals surface area contributed by atoms with Crippen molar-refractivity contribution >= 4 is 0 Å². The van der Waals surface area contributed by atoms with Crippen LogP contribution < -0.4 is 5.32 Å². The Morgan fingerprint density at radius 1 is 0.905 bits per heavy atom. The highest BCUT2D eigenvalue weighted by molar-refractivity contribution is 5.64. The minimum absolute atomic E-state index is 0.453. The largest absolute Gasteiger partial charge is 0.310 e. The molecule has 1 unspecified atom stereocenters. The monoisotopic (exact) mass is 281 g/mol. The van der Waals surface area contributed by atoms with E-state index in [0.29, 0.717) is 6.04 Å². The van der Waals surface area contributed by atoms with Gasteiger partial charge in [0.15, 0.2) is 0 Å². The average molecular weight is 281 g/mol. The molecule has 1 heteroatoms. The molecule has 0 bridgehead atoms. The Morgan fingerprint density at radius 3 is 2.29 bits per heavy atom. The molecule has 21 heavy (non-hydrogen) atoms. The van der Waals surface area contributed by atoms with Gasteiger partial charge in [0.05, 0.1) is 0 Å². The third-order valence-corrected chi connectivity index (χ3v) is 3.97. The summed E-state index contributed by atoms with van der Waals surface area (Å²) in [6, 6.07) is 18.4. The predicted molar refractivity (Wildman–Crippen MR) is 92.6 cm³/mol. The summed E-state index contributed by atoms with van der Waals surface area (Å²) in [5.74, 6) is 0. The number of nitrogens with one attached hydrogen (secondary N) is 1. The van der Waals surface area contributed by atoms with Crippen molar-refractivity contribution in [3.8, 4) is 11.1 Å². The zero-order valence-electron chi connectivity index (χ0n) is 13.5. The molecule has 0 aliphatic heterocycles. The maximum Gasteiger partial charge on any atom is 0.0317 e. The first-order valence-corrected chi connectivity index (χ1v) is 8.21. The Labute approximate surface area is 129 Å². The van der Waals surface area contributed by atoms with E-state index in [-0.39, 0.29) is 0 Å². The number of hydrogen-bond donors (Lipinski definition) is 1. The molecule has 2 aromatic rings. The Morgan fingerprint density at radius 2 is 1.67 bits per heavy atom. The lowest BCUT2D eigenvalue weighted by atomic mass is 9.97. The summed E-state index contributed by atoms with van der Waals surface area (Å²) in [5, 5.41) is 3.55. The second kappa shape index (κ2) is 7.99. The molecule has 0 spiro atoms. The van der Waals surface area contributed by atoms with Crippen molar-refractivity contribution < 1.29 is 0 Å². The maximum absolute atomic E-state index is 3.55. The zero-order chi connectivity index (χ0) is 15.1. The van der Waals surface area contributed by atoms with E-state index >= 15 is 0 Å². The van der Waals surface area contributed by atoms with Gasteiger partial charge in [-0.25, -0.2) is 0 Å². The number of rotatable bonds is 7. The first-order chi connectivity index (χ1) is 10.3. The van der Waals surface area contributed by atoms with Gasteiger partial charge in [-0.15, -0.1) is 0 Å². The summed E-state index contributed by atoms with van der Waals surface area (Å²) in [7, 11) is 0. The minimum Gasteiger partial charge on any atom is -0.310 e. The fourth-order valence-corrected chi connectivity index (χ4v) is 2.83. The topological polar surface area (TPSA) is 12.0 Å². The van der Waals surface area contributed by atoms with Crippen LogP contribution in [0.25, 0.3) is 11.1 Å². The van der Waals surface area contributed by atoms with E-state index in [4.69, 9.17) is 0 Å². The molecule has 0 amide bonds. The van der Waals surface area contributed by atoms with Crippen LogP contribution >= 0.6 is 0 Å². The van der Waals surface area contributed by atoms with Gasteiger partial charge in [-0.2, -0.15) is 0 Å². The molecule has 1 N–H and O–H groups in total. The van der Waals surface area contributed by atoms with Crippen molar-refractivity contribution in [2.75, 3.05) is 6.54 Å². The first-order valence-electron chi connectivity index (χ1n) is 8.21. The van der Waals surface area contributed by atoms with Gasteiger partial charge >= 0.3 is 0 Å². The lowest BCUT2D eigenvalue weighted by Gasteiger charge is -2.17. The van der Waals surface area contributed by atoms with E-state index < -0.39 is 0 Å². The molecule has 1 atom stereocenters. The van der Waals surface area contributed by atoms with E-state index in [1.165, 1.54) is 35.1 Å². The fraction of sp³-hybridized carbons (Fsp3) is 0.400. The summed E-state index contributed by atoms with van der Waals surface area (Å²) in [5.41, 5.74) is 5.43. The van der Waals surface area contributed by atoms with E-state index in [1.807, 2.05) is 0 Å². The highest BCUT2D eigenvalue weighted by atomic mass is 14.9. The summed E-state index contributed by atoms with van der Waals surface area (Å²) in [4.78, 5) is 0. The molecule has 112 valence electrons. The summed E-state index contributed by atoms with van der Waals surface area (Å²) >= 11 is 0. The summed E-state index contributed by atoms with van der Waals surface area (Å²) < 4.78 is 0. The smallest absolute Gasteiger partial charge is 0.0317 e. The summed E-state index contributed by atoms with van der Waals surface area (Å²) in [6.45, 7) is 7.63. The normalized spacial score (nSPS) is 12.3. The van der Waals surface area contributed by atoms with Crippen molar-refractivity contribution in [1.29, 1.82) is 0 Å². The van der Waals surface area contributed by atoms with Crippen molar-refractivity contribution in [2.24, 2.45) is 0 Å². The van der Waals surface area contributed by atoms with Crippen LogP contribution in [0, 0.1) is 0 Å². The van der Waals surface area contributed by atoms with Gasteiger partial charge in [-0.3, -0.25) is 0 Å². The highest BCUT2D eigenvalue weighted by Gasteiger charge is 2.08. The molecule has 2 aromatic carbocycles. The second-order valence-corrected chi connectivity index (χ2v) is 5.59. The molecule has 1 nitrogen and oxygen atoms in total. The minimum atomic E-state index is 0.453. The third-order valence-electron chi connectivity index (χ3n) is 3.97. The molecule has 0 aliphatic rings. The van der Waals surface area contributed by atoms with Gasteiger partial charge < -0.3 is 5.32 Å². The molecule has 0 aromatic heterocycles. The van der Waals surface area contributed by atoms with Crippen molar-refractivity contribution in [2.45, 2.75) is 46.1 Å². The van der Waals surface area contributed by atoms with Crippen LogP contribution in [0.3, 0.4) is 0 Å². The Bertz CT molecular complexity index is 542. The van der Waals surface area contributed by atoms with Crippen LogP contribution in [-0.4, -0.2) is 6.54 Å². The van der Waals surface area contributed by atoms with Gasteiger partial charge in [0.2, 0.25) is 0 Å². The Kier molecular flexibility index (Phi) is 6.01. The van der Waals surface area contributed by atoms with Gasteiger partial charge in [0, 0.05) is 6.04 Å². The van der Waals surface area contributed by atoms with Gasteiger partial charge in [-0.1, -0.05) is 69.7 Å². The molecule has 2 rings (SSSR count). The molecule has 0 radical (unpaired) electrons. The van der Waals surface area contributed by atoms with Crippen LogP contribution in [0.2, 0.25) is 0 Å². The highest BCUT2D eigenvalue weighted by Crippen LogP contribution is 2.25. The van der Waals surface area contributed by atoms with Gasteiger partial charge in [-0.05, 0) is 47.7 Å². The van der Waals surface area contributed by atoms with Crippen molar-refractivity contribution in [3.63, 3.8) is 0 Å². The van der Waals surface area contributed by atoms with Crippen LogP contribution in [0.5, 0.6) is 0 Å². The van der Waals surface area contributed by atoms with E-state index in [1.54, 1.807) is 0 Å². The fourth-order valence-electron chi connectivity index (χ4n) is 2.83. The van der Waals surface area contributed by atoms with Crippen molar-refractivity contribution in [1.82, 2.24) is 5.32 Å². The standard InChI is InChI=1S/C20H27N/c1-4-8-16-11-13-17(14-12-16)18-9-7-10-19(15-18)20(5-2)21-6-3/h7,9-15,20-21H,4-6,8H2,1-3H3. The number of benzene rings is 2. The van der Waals surface area contributed by atoms with Crippen LogP contribution in [0.1, 0.15) is 50.8 Å². The lowest BCUT2D eigenvalue weighted by Crippen LogP contribution is -2.19. The molecular formula is C20H27N. The Hall–Kier alpha value is -1.60. The molecular weight excluding hydrogens is 254 g/mol. The summed E-state index contributed by atoms with van der Waals surface area (Å²) in [6.07, 6.45) is 3.49. The zero-order valence-corrected chi connectivity index (χ0v) is 13.5. The molecule has 0 aliphatic carbocycles. The van der Waals surface area contributed by atoms with Crippen LogP contribution in [0.15, 0.2) is 48.5 Å². The third kappa shape index (κ3) is 4.18. The number of aryl methyl sites for hydroxylation is 1. The van der Waals surface area contributed by atoms with Gasteiger partial charge in [0.25, 0.3) is 0 Å². The van der Waals surface area contributed by atoms with E-state index in [9.17, 15) is 0 Å². The van der Waals surface area contributed by atoms with E-state index in [2.05, 4.69) is 74.6 Å². The maximum atomic E-state index is 3.55. The predicted octanol–water partition coefficient (Wildman–Crippen LogP) is 5.37. The SMILES string of the molecule is CCCc1ccc(-c2cccc(C(CC)NCC)c2)cc1. The van der Waals surface area contributed by atoms with E-state index in [0.717, 1.165) is 13.0 Å². The quantitative estimate of drug-likeness (QED) is 0.719. The molecule has 0 saturated carbocycles. The number of hydrogen-bond acceptors (Lipinski definition) is 1. The van der Waals surface area contributed by atoms with Crippen molar-refractivity contribution in [3.05, 3.63) is 59.7 Å². The van der Waals surface area contributed by atoms with Crippen LogP contribution in [-0.2, 0) is 6.42 Å². The lowest BCUT2D eigenvalue weighted by molar-refractivity contribution is 0.537. The molecule has 0 saturated heterocycles. The second-order valence-electron chi connectivity index (χ2n) is 5.59. The first kappa shape index (κ1) is 15.8. The average Bonchev–Trinajstić information content (AvgIpc) is 2.54. The Balaban J connectivity index is 2.23. The van der Waals surface area contributed by atoms with Gasteiger partial charge in [0.1, 0.15) is 0 Å². The molecule has 0 fully saturated rings.